The third kappa shape index (κ3) is 4.27. The summed E-state index contributed by atoms with van der Waals surface area (Å²) < 4.78 is 39.5. The minimum Gasteiger partial charge on any atom is -0.496 e. The molecule has 1 N–H and O–H groups in total. The van der Waals surface area contributed by atoms with Crippen molar-refractivity contribution in [3.05, 3.63) is 45.9 Å². The van der Waals surface area contributed by atoms with Gasteiger partial charge in [0.2, 0.25) is 0 Å². The molecule has 6 nitrogen and oxygen atoms in total. The fourth-order valence-electron chi connectivity index (χ4n) is 2.93. The number of ether oxygens (including phenoxy) is 2. The molecule has 0 fully saturated rings. The summed E-state index contributed by atoms with van der Waals surface area (Å²) >= 11 is 11.9. The van der Waals surface area contributed by atoms with E-state index in [0.29, 0.717) is 30.2 Å². The Morgan fingerprint density at radius 1 is 1.19 bits per heavy atom. The van der Waals surface area contributed by atoms with Crippen LogP contribution in [0.5, 0.6) is 11.5 Å². The Balaban J connectivity index is 2.00. The van der Waals surface area contributed by atoms with Crippen LogP contribution in [0.3, 0.4) is 0 Å². The standard InChI is InChI=1S/C18H20Cl2N2O4S/c1-22(2)13-9-15-17(25-3)5-4-16(18(15)26-10-13)21-27(23,24)14-7-11(19)6-12(20)8-14/h4-8,13,21H,9-10H2,1-3H3/t13-/m1/s1. The van der Waals surface area contributed by atoms with E-state index in [1.54, 1.807) is 19.2 Å². The lowest BCUT2D eigenvalue weighted by Crippen LogP contribution is -2.38. The van der Waals surface area contributed by atoms with Gasteiger partial charge in [-0.15, -0.1) is 0 Å². The van der Waals surface area contributed by atoms with E-state index in [4.69, 9.17) is 32.7 Å². The molecule has 2 aromatic rings. The average Bonchev–Trinajstić information content (AvgIpc) is 2.60. The van der Waals surface area contributed by atoms with Crippen molar-refractivity contribution in [1.82, 2.24) is 4.90 Å². The maximum absolute atomic E-state index is 12.8. The van der Waals surface area contributed by atoms with Crippen LogP contribution in [0, 0.1) is 0 Å². The maximum atomic E-state index is 12.8. The Labute approximate surface area is 169 Å². The van der Waals surface area contributed by atoms with Gasteiger partial charge in [-0.05, 0) is 50.8 Å². The number of halogens is 2. The molecule has 2 aromatic carbocycles. The number of hydrogen-bond donors (Lipinski definition) is 1. The molecule has 1 aliphatic rings. The van der Waals surface area contributed by atoms with Gasteiger partial charge in [-0.3, -0.25) is 4.72 Å². The summed E-state index contributed by atoms with van der Waals surface area (Å²) in [5.74, 6) is 1.13. The number of sulfonamides is 1. The number of hydrogen-bond acceptors (Lipinski definition) is 5. The highest BCUT2D eigenvalue weighted by Gasteiger charge is 2.28. The van der Waals surface area contributed by atoms with Gasteiger partial charge >= 0.3 is 0 Å². The van der Waals surface area contributed by atoms with Crippen molar-refractivity contribution in [3.63, 3.8) is 0 Å². The van der Waals surface area contributed by atoms with Crippen molar-refractivity contribution in [1.29, 1.82) is 0 Å². The molecule has 0 unspecified atom stereocenters. The van der Waals surface area contributed by atoms with Crippen molar-refractivity contribution in [2.45, 2.75) is 17.4 Å². The van der Waals surface area contributed by atoms with Gasteiger partial charge in [0.05, 0.1) is 17.7 Å². The van der Waals surface area contributed by atoms with E-state index >= 15 is 0 Å². The lowest BCUT2D eigenvalue weighted by atomic mass is 10.00. The molecule has 0 saturated heterocycles. The summed E-state index contributed by atoms with van der Waals surface area (Å²) in [6.45, 7) is 0.449. The van der Waals surface area contributed by atoms with Crippen molar-refractivity contribution in [3.8, 4) is 11.5 Å². The summed E-state index contributed by atoms with van der Waals surface area (Å²) in [5.41, 5.74) is 1.17. The fourth-order valence-corrected chi connectivity index (χ4v) is 4.72. The third-order valence-electron chi connectivity index (χ3n) is 4.42. The minimum absolute atomic E-state index is 0.0217. The molecule has 27 heavy (non-hydrogen) atoms. The van der Waals surface area contributed by atoms with E-state index in [0.717, 1.165) is 5.56 Å². The fraction of sp³-hybridized carbons (Fsp3) is 0.333. The molecule has 1 atom stereocenters. The first-order chi connectivity index (χ1) is 12.7. The van der Waals surface area contributed by atoms with Crippen LogP contribution in [0.1, 0.15) is 5.56 Å². The number of nitrogens with one attached hydrogen (secondary N) is 1. The summed E-state index contributed by atoms with van der Waals surface area (Å²) in [7, 11) is 1.63. The van der Waals surface area contributed by atoms with E-state index in [9.17, 15) is 8.42 Å². The Kier molecular flexibility index (Phi) is 5.76. The molecule has 0 aromatic heterocycles. The predicted octanol–water partition coefficient (Wildman–Crippen LogP) is 3.67. The average molecular weight is 431 g/mol. The van der Waals surface area contributed by atoms with Crippen molar-refractivity contribution in [2.75, 3.05) is 32.5 Å². The zero-order valence-corrected chi connectivity index (χ0v) is 17.5. The van der Waals surface area contributed by atoms with Crippen LogP contribution < -0.4 is 14.2 Å². The zero-order chi connectivity index (χ0) is 19.8. The molecule has 9 heteroatoms. The second kappa shape index (κ2) is 7.75. The first kappa shape index (κ1) is 20.1. The number of likely N-dealkylation sites (N-methyl/N-ethyl adjacent to an activating group) is 1. The summed E-state index contributed by atoms with van der Waals surface area (Å²) in [5, 5.41) is 0.481. The molecule has 0 bridgehead atoms. The summed E-state index contributed by atoms with van der Waals surface area (Å²) in [6.07, 6.45) is 0.685. The van der Waals surface area contributed by atoms with Crippen LogP contribution in [0.15, 0.2) is 35.2 Å². The maximum Gasteiger partial charge on any atom is 0.262 e. The van der Waals surface area contributed by atoms with Crippen LogP contribution in [0.25, 0.3) is 0 Å². The van der Waals surface area contributed by atoms with Gasteiger partial charge in [0.1, 0.15) is 18.1 Å². The number of nitrogens with zero attached hydrogens (tertiary/aromatic N) is 1. The van der Waals surface area contributed by atoms with E-state index in [-0.39, 0.29) is 21.0 Å². The second-order valence-corrected chi connectivity index (χ2v) is 9.02. The van der Waals surface area contributed by atoms with Crippen LogP contribution in [0.2, 0.25) is 10.0 Å². The Hall–Kier alpha value is -1.67. The van der Waals surface area contributed by atoms with Gasteiger partial charge in [-0.2, -0.15) is 0 Å². The van der Waals surface area contributed by atoms with Gasteiger partial charge < -0.3 is 14.4 Å². The monoisotopic (exact) mass is 430 g/mol. The Bertz CT molecular complexity index is 944. The van der Waals surface area contributed by atoms with Gasteiger partial charge in [0.25, 0.3) is 10.0 Å². The smallest absolute Gasteiger partial charge is 0.262 e. The zero-order valence-electron chi connectivity index (χ0n) is 15.1. The van der Waals surface area contributed by atoms with E-state index in [2.05, 4.69) is 9.62 Å². The molecule has 0 aliphatic carbocycles. The normalized spacial score (nSPS) is 16.6. The highest BCUT2D eigenvalue weighted by molar-refractivity contribution is 7.92. The number of rotatable bonds is 5. The number of methoxy groups -OCH3 is 1. The second-order valence-electron chi connectivity index (χ2n) is 6.47. The molecule has 0 amide bonds. The van der Waals surface area contributed by atoms with E-state index in [1.807, 2.05) is 14.1 Å². The molecular formula is C18H20Cl2N2O4S. The molecule has 0 radical (unpaired) electrons. The van der Waals surface area contributed by atoms with Crippen LogP contribution in [-0.2, 0) is 16.4 Å². The van der Waals surface area contributed by atoms with Gasteiger partial charge in [-0.1, -0.05) is 23.2 Å². The minimum atomic E-state index is -3.89. The molecule has 146 valence electrons. The first-order valence-electron chi connectivity index (χ1n) is 8.19. The topological polar surface area (TPSA) is 67.9 Å². The summed E-state index contributed by atoms with van der Waals surface area (Å²) in [6, 6.07) is 7.68. The Morgan fingerprint density at radius 3 is 2.44 bits per heavy atom. The lowest BCUT2D eigenvalue weighted by Gasteiger charge is -2.32. The van der Waals surface area contributed by atoms with Crippen LogP contribution in [-0.4, -0.2) is 47.2 Å². The molecule has 3 rings (SSSR count). The van der Waals surface area contributed by atoms with Crippen molar-refractivity contribution < 1.29 is 17.9 Å². The third-order valence-corrected chi connectivity index (χ3v) is 6.20. The van der Waals surface area contributed by atoms with Crippen LogP contribution >= 0.6 is 23.2 Å². The lowest BCUT2D eigenvalue weighted by molar-refractivity contribution is 0.164. The summed E-state index contributed by atoms with van der Waals surface area (Å²) in [4.78, 5) is 2.04. The molecule has 0 spiro atoms. The van der Waals surface area contributed by atoms with E-state index in [1.165, 1.54) is 18.2 Å². The SMILES string of the molecule is COc1ccc(NS(=O)(=O)c2cc(Cl)cc(Cl)c2)c2c1C[C@@H](N(C)C)CO2. The van der Waals surface area contributed by atoms with Gasteiger partial charge in [0, 0.05) is 21.7 Å². The highest BCUT2D eigenvalue weighted by Crippen LogP contribution is 2.40. The number of anilines is 1. The highest BCUT2D eigenvalue weighted by atomic mass is 35.5. The largest absolute Gasteiger partial charge is 0.496 e. The molecule has 0 saturated carbocycles. The molecule has 1 aliphatic heterocycles. The van der Waals surface area contributed by atoms with Crippen molar-refractivity contribution in [2.24, 2.45) is 0 Å². The van der Waals surface area contributed by atoms with Crippen molar-refractivity contribution >= 4 is 38.9 Å². The number of fused-ring (bicyclic) bond motifs is 1. The first-order valence-corrected chi connectivity index (χ1v) is 10.4. The van der Waals surface area contributed by atoms with Gasteiger partial charge in [0.15, 0.2) is 0 Å². The number of benzene rings is 2. The van der Waals surface area contributed by atoms with Crippen LogP contribution in [0.4, 0.5) is 5.69 Å². The quantitative estimate of drug-likeness (QED) is 0.783. The van der Waals surface area contributed by atoms with Gasteiger partial charge in [-0.25, -0.2) is 8.42 Å². The van der Waals surface area contributed by atoms with E-state index < -0.39 is 10.0 Å². The Morgan fingerprint density at radius 2 is 1.85 bits per heavy atom. The molecule has 1 heterocycles. The predicted molar refractivity (Wildman–Crippen MR) is 107 cm³/mol. The molecular weight excluding hydrogens is 411 g/mol.